The van der Waals surface area contributed by atoms with E-state index >= 15 is 0 Å². The Morgan fingerprint density at radius 2 is 2.09 bits per heavy atom. The van der Waals surface area contributed by atoms with Gasteiger partial charge in [-0.25, -0.2) is 4.39 Å². The van der Waals surface area contributed by atoms with Crippen molar-refractivity contribution in [1.82, 2.24) is 5.32 Å². The smallest absolute Gasteiger partial charge is 0.251 e. The van der Waals surface area contributed by atoms with Gasteiger partial charge < -0.3 is 10.6 Å². The Morgan fingerprint density at radius 3 is 2.77 bits per heavy atom. The van der Waals surface area contributed by atoms with E-state index in [1.807, 2.05) is 11.8 Å². The van der Waals surface area contributed by atoms with Crippen LogP contribution in [0.5, 0.6) is 0 Å². The van der Waals surface area contributed by atoms with E-state index in [1.165, 1.54) is 31.5 Å². The molecule has 1 aromatic rings. The average molecular weight is 324 g/mol. The van der Waals surface area contributed by atoms with E-state index in [9.17, 15) is 14.0 Å². The largest absolute Gasteiger partial charge is 0.349 e. The van der Waals surface area contributed by atoms with Gasteiger partial charge in [-0.2, -0.15) is 11.8 Å². The normalized spacial score (nSPS) is 21.2. The Balaban J connectivity index is 2.04. The highest BCUT2D eigenvalue weighted by atomic mass is 32.2. The van der Waals surface area contributed by atoms with Gasteiger partial charge in [0.05, 0.1) is 5.69 Å². The first kappa shape index (κ1) is 16.8. The molecule has 1 aromatic carbocycles. The molecule has 0 saturated heterocycles. The molecule has 0 aliphatic heterocycles. The van der Waals surface area contributed by atoms with Gasteiger partial charge in [0.15, 0.2) is 0 Å². The molecule has 1 fully saturated rings. The van der Waals surface area contributed by atoms with E-state index in [4.69, 9.17) is 0 Å². The number of rotatable bonds is 4. The number of thioether (sulfide) groups is 1. The van der Waals surface area contributed by atoms with Crippen molar-refractivity contribution < 1.29 is 14.0 Å². The number of benzene rings is 1. The van der Waals surface area contributed by atoms with Crippen LogP contribution in [0, 0.1) is 5.82 Å². The molecule has 1 aliphatic carbocycles. The van der Waals surface area contributed by atoms with Crippen LogP contribution in [0.15, 0.2) is 18.2 Å². The number of halogens is 1. The maximum atomic E-state index is 13.6. The predicted molar refractivity (Wildman–Crippen MR) is 87.7 cm³/mol. The average Bonchev–Trinajstić information content (AvgIpc) is 2.49. The van der Waals surface area contributed by atoms with Crippen LogP contribution >= 0.6 is 11.8 Å². The molecular formula is C16H21FN2O2S. The summed E-state index contributed by atoms with van der Waals surface area (Å²) in [5, 5.41) is 5.99. The topological polar surface area (TPSA) is 58.2 Å². The molecule has 6 heteroatoms. The van der Waals surface area contributed by atoms with Crippen LogP contribution < -0.4 is 10.6 Å². The van der Waals surface area contributed by atoms with Crippen LogP contribution in [0.25, 0.3) is 0 Å². The van der Waals surface area contributed by atoms with Gasteiger partial charge in [0, 0.05) is 23.8 Å². The van der Waals surface area contributed by atoms with Crippen molar-refractivity contribution >= 4 is 29.3 Å². The lowest BCUT2D eigenvalue weighted by molar-refractivity contribution is -0.114. The zero-order chi connectivity index (χ0) is 16.1. The number of carbonyl (C=O) groups excluding carboxylic acids is 2. The van der Waals surface area contributed by atoms with E-state index in [0.29, 0.717) is 10.8 Å². The molecule has 2 N–H and O–H groups in total. The number of hydrogen-bond acceptors (Lipinski definition) is 3. The Labute approximate surface area is 134 Å². The molecule has 1 aliphatic rings. The first-order chi connectivity index (χ1) is 10.5. The summed E-state index contributed by atoms with van der Waals surface area (Å²) in [6, 6.07) is 4.17. The van der Waals surface area contributed by atoms with Crippen molar-refractivity contribution in [3.05, 3.63) is 29.6 Å². The molecule has 0 heterocycles. The molecule has 4 nitrogen and oxygen atoms in total. The van der Waals surface area contributed by atoms with E-state index in [0.717, 1.165) is 19.3 Å². The molecule has 0 radical (unpaired) electrons. The van der Waals surface area contributed by atoms with Crippen molar-refractivity contribution in [2.24, 2.45) is 0 Å². The molecule has 22 heavy (non-hydrogen) atoms. The minimum atomic E-state index is -0.549. The van der Waals surface area contributed by atoms with Crippen molar-refractivity contribution in [2.45, 2.75) is 43.9 Å². The zero-order valence-electron chi connectivity index (χ0n) is 12.8. The summed E-state index contributed by atoms with van der Waals surface area (Å²) in [5.74, 6) is -1.14. The van der Waals surface area contributed by atoms with Gasteiger partial charge in [-0.05, 0) is 43.7 Å². The maximum absolute atomic E-state index is 13.6. The fourth-order valence-corrected chi connectivity index (χ4v) is 3.54. The second-order valence-electron chi connectivity index (χ2n) is 5.57. The highest BCUT2D eigenvalue weighted by Crippen LogP contribution is 2.27. The Bertz CT molecular complexity index is 565. The van der Waals surface area contributed by atoms with Crippen LogP contribution in [0.2, 0.25) is 0 Å². The summed E-state index contributed by atoms with van der Waals surface area (Å²) in [4.78, 5) is 23.4. The Hall–Kier alpha value is -1.56. The van der Waals surface area contributed by atoms with Crippen molar-refractivity contribution in [3.8, 4) is 0 Å². The van der Waals surface area contributed by atoms with Gasteiger partial charge in [-0.3, -0.25) is 9.59 Å². The third kappa shape index (κ3) is 4.47. The summed E-state index contributed by atoms with van der Waals surface area (Å²) < 4.78 is 13.6. The molecule has 120 valence electrons. The summed E-state index contributed by atoms with van der Waals surface area (Å²) >= 11 is 1.84. The van der Waals surface area contributed by atoms with Crippen LogP contribution in [0.1, 0.15) is 43.0 Å². The van der Waals surface area contributed by atoms with E-state index in [2.05, 4.69) is 16.9 Å². The maximum Gasteiger partial charge on any atom is 0.251 e. The van der Waals surface area contributed by atoms with Gasteiger partial charge in [-0.15, -0.1) is 0 Å². The Kier molecular flexibility index (Phi) is 5.83. The summed E-state index contributed by atoms with van der Waals surface area (Å²) in [7, 11) is 0. The number of carbonyl (C=O) groups is 2. The minimum absolute atomic E-state index is 0.0331. The first-order valence-corrected chi connectivity index (χ1v) is 8.69. The monoisotopic (exact) mass is 324 g/mol. The second-order valence-corrected chi connectivity index (χ2v) is 6.71. The van der Waals surface area contributed by atoms with Crippen molar-refractivity contribution in [3.63, 3.8) is 0 Å². The highest BCUT2D eigenvalue weighted by molar-refractivity contribution is 7.99. The fraction of sp³-hybridized carbons (Fsp3) is 0.500. The molecular weight excluding hydrogens is 303 g/mol. The van der Waals surface area contributed by atoms with Gasteiger partial charge >= 0.3 is 0 Å². The van der Waals surface area contributed by atoms with Crippen LogP contribution in [-0.4, -0.2) is 29.4 Å². The van der Waals surface area contributed by atoms with Crippen LogP contribution in [0.3, 0.4) is 0 Å². The quantitative estimate of drug-likeness (QED) is 0.894. The van der Waals surface area contributed by atoms with Gasteiger partial charge in [0.25, 0.3) is 5.91 Å². The summed E-state index contributed by atoms with van der Waals surface area (Å²) in [6.45, 7) is 1.30. The molecule has 1 saturated carbocycles. The van der Waals surface area contributed by atoms with Crippen molar-refractivity contribution in [1.29, 1.82) is 0 Å². The predicted octanol–water partition coefficient (Wildman–Crippen LogP) is 3.19. The first-order valence-electron chi connectivity index (χ1n) is 7.40. The zero-order valence-corrected chi connectivity index (χ0v) is 13.6. The van der Waals surface area contributed by atoms with Crippen molar-refractivity contribution in [2.75, 3.05) is 11.6 Å². The van der Waals surface area contributed by atoms with Gasteiger partial charge in [-0.1, -0.05) is 6.42 Å². The lowest BCUT2D eigenvalue weighted by Gasteiger charge is -2.28. The second kappa shape index (κ2) is 7.63. The summed E-state index contributed by atoms with van der Waals surface area (Å²) in [6.07, 6.45) is 6.33. The SMILES string of the molecule is CS[C@H]1CCC[C@@H](NC(=O)c2ccc(F)c(NC(C)=O)c2)C1. The lowest BCUT2D eigenvalue weighted by atomic mass is 9.94. The van der Waals surface area contributed by atoms with Crippen LogP contribution in [0.4, 0.5) is 10.1 Å². The third-order valence-corrected chi connectivity index (χ3v) is 4.93. The van der Waals surface area contributed by atoms with Gasteiger partial charge in [0.2, 0.25) is 5.91 Å². The number of amides is 2. The molecule has 0 bridgehead atoms. The third-order valence-electron chi connectivity index (χ3n) is 3.83. The number of nitrogens with one attached hydrogen (secondary N) is 2. The fourth-order valence-electron chi connectivity index (χ4n) is 2.71. The van der Waals surface area contributed by atoms with Gasteiger partial charge in [0.1, 0.15) is 5.82 Å². The van der Waals surface area contributed by atoms with E-state index in [-0.39, 0.29) is 23.5 Å². The minimum Gasteiger partial charge on any atom is -0.349 e. The van der Waals surface area contributed by atoms with E-state index in [1.54, 1.807) is 0 Å². The standard InChI is InChI=1S/C16H21FN2O2S/c1-10(20)18-15-8-11(6-7-14(15)17)16(21)19-12-4-3-5-13(9-12)22-2/h6-8,12-13H,3-5,9H2,1-2H3,(H,18,20)(H,19,21)/t12-,13+/m1/s1. The van der Waals surface area contributed by atoms with Crippen LogP contribution in [-0.2, 0) is 4.79 Å². The molecule has 2 amide bonds. The lowest BCUT2D eigenvalue weighted by Crippen LogP contribution is -2.39. The number of hydrogen-bond donors (Lipinski definition) is 2. The number of anilines is 1. The molecule has 0 aromatic heterocycles. The summed E-state index contributed by atoms with van der Waals surface area (Å²) in [5.41, 5.74) is 0.391. The van der Waals surface area contributed by atoms with E-state index < -0.39 is 5.82 Å². The molecule has 2 atom stereocenters. The molecule has 0 unspecified atom stereocenters. The Morgan fingerprint density at radius 1 is 1.32 bits per heavy atom. The molecule has 0 spiro atoms. The highest BCUT2D eigenvalue weighted by Gasteiger charge is 2.23. The molecule has 2 rings (SSSR count).